The van der Waals surface area contributed by atoms with Crippen LogP contribution >= 0.6 is 0 Å². The normalized spacial score (nSPS) is 15.1. The van der Waals surface area contributed by atoms with Gasteiger partial charge in [0.15, 0.2) is 0 Å². The van der Waals surface area contributed by atoms with Gasteiger partial charge in [0.25, 0.3) is 0 Å². The molecule has 4 heteroatoms. The van der Waals surface area contributed by atoms with E-state index in [1.807, 2.05) is 12.1 Å². The third-order valence-electron chi connectivity index (χ3n) is 2.81. The lowest BCUT2D eigenvalue weighted by atomic mass is 10.2. The van der Waals surface area contributed by atoms with Crippen LogP contribution in [0.25, 0.3) is 6.08 Å². The van der Waals surface area contributed by atoms with Gasteiger partial charge in [0.2, 0.25) is 0 Å². The number of nitrogens with zero attached hydrogens (tertiary/aromatic N) is 2. The molecule has 0 atom stereocenters. The molecule has 0 radical (unpaired) electrons. The van der Waals surface area contributed by atoms with E-state index in [2.05, 4.69) is 16.8 Å². The average molecular weight is 232 g/mol. The molecule has 1 N–H and O–H groups in total. The van der Waals surface area contributed by atoms with Crippen LogP contribution in [-0.2, 0) is 4.79 Å². The van der Waals surface area contributed by atoms with Crippen molar-refractivity contribution >= 4 is 17.9 Å². The van der Waals surface area contributed by atoms with Crippen molar-refractivity contribution < 1.29 is 9.90 Å². The van der Waals surface area contributed by atoms with Crippen molar-refractivity contribution in [1.29, 1.82) is 0 Å². The van der Waals surface area contributed by atoms with E-state index in [1.165, 1.54) is 12.8 Å². The summed E-state index contributed by atoms with van der Waals surface area (Å²) in [6, 6.07) is 4.49. The molecule has 17 heavy (non-hydrogen) atoms. The van der Waals surface area contributed by atoms with Gasteiger partial charge >= 0.3 is 5.97 Å². The third-order valence-corrected chi connectivity index (χ3v) is 2.81. The van der Waals surface area contributed by atoms with Crippen molar-refractivity contribution in [2.75, 3.05) is 11.4 Å². The predicted molar refractivity (Wildman–Crippen MR) is 66.9 cm³/mol. The zero-order chi connectivity index (χ0) is 12.3. The second-order valence-corrected chi connectivity index (χ2v) is 4.14. The smallest absolute Gasteiger partial charge is 0.328 e. The monoisotopic (exact) mass is 232 g/mol. The zero-order valence-corrected chi connectivity index (χ0v) is 9.84. The molecule has 1 fully saturated rings. The lowest BCUT2D eigenvalue weighted by Gasteiger charge is -2.21. The number of carboxylic acid groups (broad SMARTS) is 1. The number of pyridine rings is 1. The second-order valence-electron chi connectivity index (χ2n) is 4.14. The average Bonchev–Trinajstić information content (AvgIpc) is 3.13. The highest BCUT2D eigenvalue weighted by molar-refractivity contribution is 5.85. The summed E-state index contributed by atoms with van der Waals surface area (Å²) in [6.45, 7) is 3.08. The molecular formula is C13H16N2O2. The maximum Gasteiger partial charge on any atom is 0.328 e. The third kappa shape index (κ3) is 3.06. The molecule has 0 saturated heterocycles. The van der Waals surface area contributed by atoms with Crippen LogP contribution in [0.4, 0.5) is 5.82 Å². The Balaban J connectivity index is 2.08. The van der Waals surface area contributed by atoms with E-state index in [4.69, 9.17) is 5.11 Å². The molecule has 1 saturated carbocycles. The molecule has 2 rings (SSSR count). The van der Waals surface area contributed by atoms with Gasteiger partial charge < -0.3 is 10.0 Å². The SMILES string of the molecule is CCN(c1ccc(/C=C/C(=O)O)cn1)C1CC1. The first kappa shape index (κ1) is 11.6. The topological polar surface area (TPSA) is 53.4 Å². The first-order valence-electron chi connectivity index (χ1n) is 5.84. The van der Waals surface area contributed by atoms with Gasteiger partial charge in [0.1, 0.15) is 5.82 Å². The summed E-state index contributed by atoms with van der Waals surface area (Å²) >= 11 is 0. The maximum atomic E-state index is 10.4. The van der Waals surface area contributed by atoms with Crippen LogP contribution in [0.5, 0.6) is 0 Å². The molecular weight excluding hydrogens is 216 g/mol. The molecule has 0 unspecified atom stereocenters. The Morgan fingerprint density at radius 3 is 2.82 bits per heavy atom. The van der Waals surface area contributed by atoms with Crippen molar-refractivity contribution in [2.45, 2.75) is 25.8 Å². The minimum atomic E-state index is -0.942. The van der Waals surface area contributed by atoms with Crippen molar-refractivity contribution in [2.24, 2.45) is 0 Å². The minimum absolute atomic E-state index is 0.646. The van der Waals surface area contributed by atoms with E-state index in [1.54, 1.807) is 12.3 Å². The first-order valence-corrected chi connectivity index (χ1v) is 5.84. The van der Waals surface area contributed by atoms with Gasteiger partial charge in [-0.05, 0) is 43.5 Å². The summed E-state index contributed by atoms with van der Waals surface area (Å²) in [7, 11) is 0. The molecule has 90 valence electrons. The van der Waals surface area contributed by atoms with Crippen LogP contribution in [0.3, 0.4) is 0 Å². The fourth-order valence-electron chi connectivity index (χ4n) is 1.83. The van der Waals surface area contributed by atoms with Gasteiger partial charge in [-0.2, -0.15) is 0 Å². The number of carbonyl (C=O) groups is 1. The zero-order valence-electron chi connectivity index (χ0n) is 9.84. The summed E-state index contributed by atoms with van der Waals surface area (Å²) in [5.41, 5.74) is 0.808. The molecule has 1 aliphatic rings. The first-order chi connectivity index (χ1) is 8.20. The molecule has 1 aliphatic carbocycles. The molecule has 0 aliphatic heterocycles. The number of hydrogen-bond donors (Lipinski definition) is 1. The Morgan fingerprint density at radius 1 is 1.59 bits per heavy atom. The Bertz CT molecular complexity index is 422. The highest BCUT2D eigenvalue weighted by Crippen LogP contribution is 2.30. The predicted octanol–water partition coefficient (Wildman–Crippen LogP) is 2.17. The number of aliphatic carboxylic acids is 1. The molecule has 1 aromatic heterocycles. The fourth-order valence-corrected chi connectivity index (χ4v) is 1.83. The van der Waals surface area contributed by atoms with Gasteiger partial charge in [0, 0.05) is 24.9 Å². The molecule has 0 spiro atoms. The standard InChI is InChI=1S/C13H16N2O2/c1-2-15(11-5-6-11)12-7-3-10(9-14-12)4-8-13(16)17/h3-4,7-9,11H,2,5-6H2,1H3,(H,16,17)/b8-4+. The van der Waals surface area contributed by atoms with Gasteiger partial charge in [-0.25, -0.2) is 9.78 Å². The van der Waals surface area contributed by atoms with Crippen LogP contribution in [0, 0.1) is 0 Å². The van der Waals surface area contributed by atoms with Crippen molar-refractivity contribution in [3.05, 3.63) is 30.0 Å². The summed E-state index contributed by atoms with van der Waals surface area (Å²) in [6.07, 6.45) is 6.87. The van der Waals surface area contributed by atoms with E-state index in [-0.39, 0.29) is 0 Å². The molecule has 4 nitrogen and oxygen atoms in total. The fraction of sp³-hybridized carbons (Fsp3) is 0.385. The largest absolute Gasteiger partial charge is 0.478 e. The lowest BCUT2D eigenvalue weighted by Crippen LogP contribution is -2.25. The Labute approximate surface area is 101 Å². The lowest BCUT2D eigenvalue weighted by molar-refractivity contribution is -0.131. The van der Waals surface area contributed by atoms with Crippen LogP contribution in [0.1, 0.15) is 25.3 Å². The Kier molecular flexibility index (Phi) is 3.42. The van der Waals surface area contributed by atoms with Crippen LogP contribution < -0.4 is 4.90 Å². The Hall–Kier alpha value is -1.84. The number of hydrogen-bond acceptors (Lipinski definition) is 3. The Morgan fingerprint density at radius 2 is 2.35 bits per heavy atom. The molecule has 1 heterocycles. The van der Waals surface area contributed by atoms with E-state index < -0.39 is 5.97 Å². The van der Waals surface area contributed by atoms with E-state index in [0.717, 1.165) is 24.0 Å². The molecule has 0 bridgehead atoms. The minimum Gasteiger partial charge on any atom is -0.478 e. The second kappa shape index (κ2) is 4.99. The van der Waals surface area contributed by atoms with Gasteiger partial charge in [-0.15, -0.1) is 0 Å². The van der Waals surface area contributed by atoms with E-state index in [9.17, 15) is 4.79 Å². The molecule has 0 aromatic carbocycles. The van der Waals surface area contributed by atoms with Crippen LogP contribution in [0.15, 0.2) is 24.4 Å². The summed E-state index contributed by atoms with van der Waals surface area (Å²) in [5.74, 6) is 0.0321. The molecule has 1 aromatic rings. The van der Waals surface area contributed by atoms with Crippen molar-refractivity contribution in [1.82, 2.24) is 4.98 Å². The van der Waals surface area contributed by atoms with Crippen molar-refractivity contribution in [3.8, 4) is 0 Å². The summed E-state index contributed by atoms with van der Waals surface area (Å²) in [5, 5.41) is 8.52. The van der Waals surface area contributed by atoms with Gasteiger partial charge in [0.05, 0.1) is 0 Å². The number of aromatic nitrogens is 1. The van der Waals surface area contributed by atoms with Gasteiger partial charge in [-0.1, -0.05) is 0 Å². The van der Waals surface area contributed by atoms with Crippen LogP contribution in [-0.4, -0.2) is 28.6 Å². The highest BCUT2D eigenvalue weighted by Gasteiger charge is 2.28. The van der Waals surface area contributed by atoms with Crippen LogP contribution in [0.2, 0.25) is 0 Å². The quantitative estimate of drug-likeness (QED) is 0.790. The maximum absolute atomic E-state index is 10.4. The number of rotatable bonds is 5. The van der Waals surface area contributed by atoms with E-state index >= 15 is 0 Å². The summed E-state index contributed by atoms with van der Waals surface area (Å²) < 4.78 is 0. The summed E-state index contributed by atoms with van der Waals surface area (Å²) in [4.78, 5) is 17.0. The van der Waals surface area contributed by atoms with E-state index in [0.29, 0.717) is 6.04 Å². The molecule has 0 amide bonds. The highest BCUT2D eigenvalue weighted by atomic mass is 16.4. The number of carboxylic acids is 1. The van der Waals surface area contributed by atoms with Crippen molar-refractivity contribution in [3.63, 3.8) is 0 Å². The van der Waals surface area contributed by atoms with Gasteiger partial charge in [-0.3, -0.25) is 0 Å². The number of anilines is 1.